The summed E-state index contributed by atoms with van der Waals surface area (Å²) in [6, 6.07) is 11.0. The van der Waals surface area contributed by atoms with Crippen molar-refractivity contribution in [1.29, 1.82) is 0 Å². The Morgan fingerprint density at radius 2 is 1.33 bits per heavy atom. The Bertz CT molecular complexity index is 1040. The van der Waals surface area contributed by atoms with E-state index in [0.29, 0.717) is 5.56 Å². The van der Waals surface area contributed by atoms with Gasteiger partial charge in [-0.2, -0.15) is 0 Å². The van der Waals surface area contributed by atoms with Crippen LogP contribution in [0, 0.1) is 0 Å². The molecule has 2 aromatic carbocycles. The highest BCUT2D eigenvalue weighted by atomic mass is 16.7. The van der Waals surface area contributed by atoms with Gasteiger partial charge in [0.05, 0.1) is 6.61 Å². The second-order valence-corrected chi connectivity index (χ2v) is 9.44. The minimum Gasteiger partial charge on any atom is -0.508 e. The lowest BCUT2D eigenvalue weighted by Crippen LogP contribution is -2.85. The Morgan fingerprint density at radius 1 is 0.758 bits per heavy atom. The second kappa shape index (κ2) is 8.00. The van der Waals surface area contributed by atoms with Gasteiger partial charge >= 0.3 is 0 Å². The number of rotatable bonds is 5. The lowest BCUT2D eigenvalue weighted by molar-refractivity contribution is -0.441. The second-order valence-electron chi connectivity index (χ2n) is 9.44. The van der Waals surface area contributed by atoms with E-state index < -0.39 is 34.8 Å². The third-order valence-corrected chi connectivity index (χ3v) is 7.12. The zero-order valence-electron chi connectivity index (χ0n) is 19.4. The molecule has 1 aliphatic heterocycles. The number of phenols is 2. The van der Waals surface area contributed by atoms with E-state index in [0.717, 1.165) is 5.56 Å². The van der Waals surface area contributed by atoms with Gasteiger partial charge in [0.25, 0.3) is 0 Å². The van der Waals surface area contributed by atoms with Crippen LogP contribution < -0.4 is 4.74 Å². The number of aromatic hydroxyl groups is 2. The van der Waals surface area contributed by atoms with Crippen molar-refractivity contribution in [2.24, 2.45) is 0 Å². The Balaban J connectivity index is 1.98. The zero-order valence-corrected chi connectivity index (χ0v) is 19.4. The quantitative estimate of drug-likeness (QED) is 0.374. The summed E-state index contributed by atoms with van der Waals surface area (Å²) in [7, 11) is 0. The number of ether oxygens (including phenoxy) is 2. The van der Waals surface area contributed by atoms with E-state index in [2.05, 4.69) is 0 Å². The maximum atomic E-state index is 11.3. The van der Waals surface area contributed by atoms with Gasteiger partial charge < -0.3 is 40.1 Å². The number of aliphatic hydroxyl groups excluding tert-OH is 1. The maximum Gasteiger partial charge on any atom is 0.240 e. The first-order valence-corrected chi connectivity index (χ1v) is 10.6. The molecule has 180 valence electrons. The fourth-order valence-electron chi connectivity index (χ4n) is 4.13. The van der Waals surface area contributed by atoms with Crippen LogP contribution in [-0.4, -0.2) is 65.4 Å². The fourth-order valence-corrected chi connectivity index (χ4v) is 4.13. The molecule has 1 heterocycles. The molecule has 3 rings (SSSR count). The highest BCUT2D eigenvalue weighted by molar-refractivity contribution is 5.71. The molecular formula is C25H32O8. The summed E-state index contributed by atoms with van der Waals surface area (Å²) in [6.45, 7) is 5.93. The molecule has 2 aromatic rings. The average molecular weight is 461 g/mol. The Kier molecular flexibility index (Phi) is 6.06. The van der Waals surface area contributed by atoms with E-state index in [-0.39, 0.29) is 17.2 Å². The number of hydrogen-bond acceptors (Lipinski definition) is 8. The predicted octanol–water partition coefficient (Wildman–Crippen LogP) is 2.40. The van der Waals surface area contributed by atoms with Gasteiger partial charge in [0.1, 0.15) is 34.1 Å². The number of phenolic OH excluding ortho intramolecular Hbond substituents is 2. The third kappa shape index (κ3) is 3.98. The summed E-state index contributed by atoms with van der Waals surface area (Å²) < 4.78 is 11.9. The van der Waals surface area contributed by atoms with Crippen LogP contribution >= 0.6 is 0 Å². The van der Waals surface area contributed by atoms with Crippen LogP contribution in [0.4, 0.5) is 0 Å². The largest absolute Gasteiger partial charge is 0.508 e. The van der Waals surface area contributed by atoms with Crippen molar-refractivity contribution >= 4 is 12.2 Å². The zero-order chi connectivity index (χ0) is 24.9. The van der Waals surface area contributed by atoms with Crippen molar-refractivity contribution in [3.8, 4) is 17.2 Å². The van der Waals surface area contributed by atoms with Crippen LogP contribution in [0.15, 0.2) is 42.5 Å². The lowest BCUT2D eigenvalue weighted by atomic mass is 9.61. The van der Waals surface area contributed by atoms with E-state index in [1.807, 2.05) is 0 Å². The minimum atomic E-state index is -2.16. The molecule has 1 fully saturated rings. The Labute approximate surface area is 193 Å². The van der Waals surface area contributed by atoms with Crippen LogP contribution in [0.1, 0.15) is 45.7 Å². The first-order chi connectivity index (χ1) is 15.1. The van der Waals surface area contributed by atoms with Crippen LogP contribution in [0.3, 0.4) is 0 Å². The summed E-state index contributed by atoms with van der Waals surface area (Å²) in [5.41, 5.74) is -6.65. The molecule has 0 aromatic heterocycles. The first-order valence-electron chi connectivity index (χ1n) is 10.6. The van der Waals surface area contributed by atoms with Crippen LogP contribution in [0.2, 0.25) is 0 Å². The molecule has 0 amide bonds. The molecule has 6 N–H and O–H groups in total. The van der Waals surface area contributed by atoms with E-state index in [4.69, 9.17) is 9.47 Å². The van der Waals surface area contributed by atoms with E-state index in [1.54, 1.807) is 42.5 Å². The van der Waals surface area contributed by atoms with Gasteiger partial charge in [0.15, 0.2) is 5.60 Å². The molecule has 0 radical (unpaired) electrons. The van der Waals surface area contributed by atoms with Gasteiger partial charge in [-0.15, -0.1) is 0 Å². The molecule has 5 unspecified atom stereocenters. The first kappa shape index (κ1) is 25.0. The van der Waals surface area contributed by atoms with Crippen molar-refractivity contribution in [2.75, 3.05) is 6.61 Å². The number of aliphatic hydroxyl groups is 4. The summed E-state index contributed by atoms with van der Waals surface area (Å²) in [5, 5.41) is 63.1. The Hall–Kier alpha value is -2.62. The van der Waals surface area contributed by atoms with Crippen LogP contribution in [-0.2, 0) is 4.74 Å². The number of hydrogen-bond donors (Lipinski definition) is 6. The van der Waals surface area contributed by atoms with E-state index >= 15 is 0 Å². The lowest BCUT2D eigenvalue weighted by Gasteiger charge is -2.64. The molecule has 8 heteroatoms. The SMILES string of the molecule is CC1(CO)OC(C)(Oc2cc(O)cc(C=Cc3ccc(O)cc3)c2)C(C)(O)C(C)(O)C1(C)O. The number of benzene rings is 2. The normalized spacial score (nSPS) is 36.8. The molecule has 33 heavy (non-hydrogen) atoms. The average Bonchev–Trinajstić information content (AvgIpc) is 2.71. The molecule has 0 bridgehead atoms. The molecule has 5 atom stereocenters. The molecular weight excluding hydrogens is 428 g/mol. The molecule has 0 saturated carbocycles. The maximum absolute atomic E-state index is 11.3. The van der Waals surface area contributed by atoms with Crippen molar-refractivity contribution in [3.63, 3.8) is 0 Å². The van der Waals surface area contributed by atoms with Crippen molar-refractivity contribution in [3.05, 3.63) is 53.6 Å². The van der Waals surface area contributed by atoms with E-state index in [9.17, 15) is 30.6 Å². The molecule has 0 spiro atoms. The van der Waals surface area contributed by atoms with Gasteiger partial charge in [0, 0.05) is 13.0 Å². The molecule has 0 aliphatic carbocycles. The smallest absolute Gasteiger partial charge is 0.240 e. The standard InChI is InChI=1S/C25H32O8/c1-21(15-26)22(2,29)23(3,30)24(4,31)25(5,33-21)32-20-13-17(12-19(28)14-20)7-6-16-8-10-18(27)11-9-16/h6-14,26-31H,15H2,1-5H3. The van der Waals surface area contributed by atoms with Gasteiger partial charge in [-0.25, -0.2) is 0 Å². The topological polar surface area (TPSA) is 140 Å². The summed E-state index contributed by atoms with van der Waals surface area (Å²) in [4.78, 5) is 0. The molecule has 1 aliphatic rings. The highest BCUT2D eigenvalue weighted by Gasteiger charge is 2.75. The Morgan fingerprint density at radius 3 is 1.91 bits per heavy atom. The highest BCUT2D eigenvalue weighted by Crippen LogP contribution is 2.53. The molecule has 1 saturated heterocycles. The predicted molar refractivity (Wildman–Crippen MR) is 123 cm³/mol. The molecule has 8 nitrogen and oxygen atoms in total. The van der Waals surface area contributed by atoms with Crippen LogP contribution in [0.5, 0.6) is 17.2 Å². The van der Waals surface area contributed by atoms with Gasteiger partial charge in [-0.3, -0.25) is 0 Å². The van der Waals surface area contributed by atoms with Crippen molar-refractivity contribution in [1.82, 2.24) is 0 Å². The van der Waals surface area contributed by atoms with Gasteiger partial charge in [0.2, 0.25) is 5.79 Å². The van der Waals surface area contributed by atoms with Crippen LogP contribution in [0.25, 0.3) is 12.2 Å². The summed E-state index contributed by atoms with van der Waals surface area (Å²) >= 11 is 0. The van der Waals surface area contributed by atoms with Crippen molar-refractivity contribution < 1.29 is 40.1 Å². The van der Waals surface area contributed by atoms with E-state index in [1.165, 1.54) is 46.8 Å². The van der Waals surface area contributed by atoms with Gasteiger partial charge in [-0.1, -0.05) is 24.3 Å². The minimum absolute atomic E-state index is 0.111. The monoisotopic (exact) mass is 460 g/mol. The summed E-state index contributed by atoms with van der Waals surface area (Å²) in [6.07, 6.45) is 3.50. The fraction of sp³-hybridized carbons (Fsp3) is 0.440. The summed E-state index contributed by atoms with van der Waals surface area (Å²) in [5.74, 6) is -1.76. The van der Waals surface area contributed by atoms with Crippen molar-refractivity contribution in [2.45, 2.75) is 62.8 Å². The third-order valence-electron chi connectivity index (χ3n) is 7.12. The van der Waals surface area contributed by atoms with Gasteiger partial charge in [-0.05, 0) is 63.1 Å².